The molecule has 5 nitrogen and oxygen atoms in total. The topological polar surface area (TPSA) is 67.4 Å². The number of hydrogen-bond donors (Lipinski definition) is 2. The molecule has 0 radical (unpaired) electrons. The summed E-state index contributed by atoms with van der Waals surface area (Å²) in [5, 5.41) is 5.87. The summed E-state index contributed by atoms with van der Waals surface area (Å²) < 4.78 is 5.83. The van der Waals surface area contributed by atoms with Gasteiger partial charge in [-0.05, 0) is 61.2 Å². The number of carbonyl (C=O) groups excluding carboxylic acids is 2. The zero-order chi connectivity index (χ0) is 23.0. The lowest BCUT2D eigenvalue weighted by atomic mass is 9.88. The number of carbonyl (C=O) groups is 2. The predicted octanol–water partition coefficient (Wildman–Crippen LogP) is 6.28. The molecule has 170 valence electrons. The van der Waals surface area contributed by atoms with Crippen molar-refractivity contribution in [2.75, 3.05) is 10.6 Å². The molecule has 3 aromatic rings. The molecule has 0 aliphatic heterocycles. The Labute approximate surface area is 195 Å². The monoisotopic (exact) mass is 442 g/mol. The highest BCUT2D eigenvalue weighted by atomic mass is 16.5. The highest BCUT2D eigenvalue weighted by molar-refractivity contribution is 5.96. The average Bonchev–Trinajstić information content (AvgIpc) is 2.86. The van der Waals surface area contributed by atoms with E-state index in [-0.39, 0.29) is 17.7 Å². The second-order valence-electron chi connectivity index (χ2n) is 8.54. The summed E-state index contributed by atoms with van der Waals surface area (Å²) in [4.78, 5) is 25.2. The Morgan fingerprint density at radius 1 is 0.788 bits per heavy atom. The van der Waals surface area contributed by atoms with Crippen molar-refractivity contribution in [3.05, 3.63) is 78.9 Å². The van der Waals surface area contributed by atoms with Crippen molar-refractivity contribution in [3.63, 3.8) is 0 Å². The number of rotatable bonds is 7. The second-order valence-corrected chi connectivity index (χ2v) is 8.54. The van der Waals surface area contributed by atoms with Crippen molar-refractivity contribution >= 4 is 23.2 Å². The van der Waals surface area contributed by atoms with E-state index in [4.69, 9.17) is 4.74 Å². The third kappa shape index (κ3) is 6.22. The SMILES string of the molecule is CC(Oc1ccc(-c2ccccc2)cc1)C(=O)Nc1cccc(NC(=O)C2CCCCC2)c1. The van der Waals surface area contributed by atoms with Gasteiger partial charge in [0.15, 0.2) is 6.10 Å². The van der Waals surface area contributed by atoms with E-state index in [1.54, 1.807) is 19.1 Å². The van der Waals surface area contributed by atoms with E-state index in [2.05, 4.69) is 22.8 Å². The van der Waals surface area contributed by atoms with Gasteiger partial charge in [-0.3, -0.25) is 9.59 Å². The predicted molar refractivity (Wildman–Crippen MR) is 132 cm³/mol. The van der Waals surface area contributed by atoms with Gasteiger partial charge in [0, 0.05) is 17.3 Å². The molecule has 0 heterocycles. The van der Waals surface area contributed by atoms with Crippen LogP contribution in [0.1, 0.15) is 39.0 Å². The van der Waals surface area contributed by atoms with E-state index in [0.717, 1.165) is 36.8 Å². The fourth-order valence-corrected chi connectivity index (χ4v) is 4.14. The van der Waals surface area contributed by atoms with Crippen molar-refractivity contribution in [1.82, 2.24) is 0 Å². The number of anilines is 2. The van der Waals surface area contributed by atoms with Crippen LogP contribution in [0.4, 0.5) is 11.4 Å². The van der Waals surface area contributed by atoms with Gasteiger partial charge < -0.3 is 15.4 Å². The van der Waals surface area contributed by atoms with Crippen molar-refractivity contribution < 1.29 is 14.3 Å². The van der Waals surface area contributed by atoms with Crippen LogP contribution < -0.4 is 15.4 Å². The molecule has 0 spiro atoms. The number of amides is 2. The maximum Gasteiger partial charge on any atom is 0.265 e. The highest BCUT2D eigenvalue weighted by Crippen LogP contribution is 2.26. The molecule has 4 rings (SSSR count). The minimum Gasteiger partial charge on any atom is -0.481 e. The van der Waals surface area contributed by atoms with Crippen LogP contribution in [-0.4, -0.2) is 17.9 Å². The van der Waals surface area contributed by atoms with Crippen LogP contribution >= 0.6 is 0 Å². The first kappa shape index (κ1) is 22.6. The summed E-state index contributed by atoms with van der Waals surface area (Å²) in [6.45, 7) is 1.72. The van der Waals surface area contributed by atoms with E-state index < -0.39 is 6.10 Å². The Hall–Kier alpha value is -3.60. The molecule has 1 fully saturated rings. The van der Waals surface area contributed by atoms with Gasteiger partial charge in [-0.15, -0.1) is 0 Å². The van der Waals surface area contributed by atoms with Gasteiger partial charge in [0.2, 0.25) is 5.91 Å². The van der Waals surface area contributed by atoms with Crippen molar-refractivity contribution in [2.24, 2.45) is 5.92 Å². The molecule has 0 saturated heterocycles. The molecule has 3 aromatic carbocycles. The molecule has 2 amide bonds. The zero-order valence-corrected chi connectivity index (χ0v) is 18.9. The first-order valence-electron chi connectivity index (χ1n) is 11.6. The Morgan fingerprint density at radius 2 is 1.42 bits per heavy atom. The van der Waals surface area contributed by atoms with Crippen LogP contribution in [0, 0.1) is 5.92 Å². The summed E-state index contributed by atoms with van der Waals surface area (Å²) in [5.41, 5.74) is 3.53. The fraction of sp³-hybridized carbons (Fsp3) is 0.286. The van der Waals surface area contributed by atoms with Gasteiger partial charge in [-0.2, -0.15) is 0 Å². The second kappa shape index (κ2) is 10.8. The van der Waals surface area contributed by atoms with Gasteiger partial charge in [-0.1, -0.05) is 67.8 Å². The molecule has 5 heteroatoms. The normalized spacial score (nSPS) is 14.8. The number of benzene rings is 3. The standard InChI is InChI=1S/C28H30N2O3/c1-20(33-26-17-15-22(16-18-26)21-9-4-2-5-10-21)27(31)29-24-13-8-14-25(19-24)30-28(32)23-11-6-3-7-12-23/h2,4-5,8-10,13-20,23H,3,6-7,11-12H2,1H3,(H,29,31)(H,30,32). The molecule has 1 aliphatic rings. The molecule has 0 bridgehead atoms. The van der Waals surface area contributed by atoms with Crippen LogP contribution in [0.5, 0.6) is 5.75 Å². The zero-order valence-electron chi connectivity index (χ0n) is 18.9. The van der Waals surface area contributed by atoms with E-state index in [9.17, 15) is 9.59 Å². The number of hydrogen-bond acceptors (Lipinski definition) is 3. The van der Waals surface area contributed by atoms with Gasteiger partial charge in [0.25, 0.3) is 5.91 Å². The summed E-state index contributed by atoms with van der Waals surface area (Å²) in [7, 11) is 0. The Balaban J connectivity index is 1.32. The van der Waals surface area contributed by atoms with Crippen LogP contribution in [0.3, 0.4) is 0 Å². The van der Waals surface area contributed by atoms with Crippen LogP contribution in [0.15, 0.2) is 78.9 Å². The first-order chi connectivity index (χ1) is 16.1. The van der Waals surface area contributed by atoms with E-state index >= 15 is 0 Å². The Morgan fingerprint density at radius 3 is 2.12 bits per heavy atom. The highest BCUT2D eigenvalue weighted by Gasteiger charge is 2.21. The molecule has 2 N–H and O–H groups in total. The minimum atomic E-state index is -0.673. The molecule has 1 saturated carbocycles. The lowest BCUT2D eigenvalue weighted by molar-refractivity contribution is -0.122. The van der Waals surface area contributed by atoms with E-state index in [1.165, 1.54) is 6.42 Å². The number of ether oxygens (including phenoxy) is 1. The maximum atomic E-state index is 12.7. The summed E-state index contributed by atoms with van der Waals surface area (Å²) in [6.07, 6.45) is 4.66. The lowest BCUT2D eigenvalue weighted by Crippen LogP contribution is -2.30. The largest absolute Gasteiger partial charge is 0.481 e. The van der Waals surface area contributed by atoms with Crippen molar-refractivity contribution in [1.29, 1.82) is 0 Å². The molecule has 1 atom stereocenters. The molecule has 1 aliphatic carbocycles. The summed E-state index contributed by atoms with van der Waals surface area (Å²) in [6, 6.07) is 25.0. The van der Waals surface area contributed by atoms with E-state index in [0.29, 0.717) is 17.1 Å². The molecular formula is C28H30N2O3. The van der Waals surface area contributed by atoms with Gasteiger partial charge >= 0.3 is 0 Å². The van der Waals surface area contributed by atoms with Crippen LogP contribution in [-0.2, 0) is 9.59 Å². The Kier molecular flexibility index (Phi) is 7.40. The van der Waals surface area contributed by atoms with Gasteiger partial charge in [-0.25, -0.2) is 0 Å². The summed E-state index contributed by atoms with van der Waals surface area (Å²) >= 11 is 0. The third-order valence-electron chi connectivity index (χ3n) is 6.02. The van der Waals surface area contributed by atoms with Crippen molar-refractivity contribution in [3.8, 4) is 16.9 Å². The van der Waals surface area contributed by atoms with Crippen LogP contribution in [0.25, 0.3) is 11.1 Å². The lowest BCUT2D eigenvalue weighted by Gasteiger charge is -2.21. The maximum absolute atomic E-state index is 12.7. The quantitative estimate of drug-likeness (QED) is 0.453. The molecule has 33 heavy (non-hydrogen) atoms. The molecular weight excluding hydrogens is 412 g/mol. The first-order valence-corrected chi connectivity index (χ1v) is 11.6. The average molecular weight is 443 g/mol. The van der Waals surface area contributed by atoms with E-state index in [1.807, 2.05) is 54.6 Å². The molecule has 1 unspecified atom stereocenters. The smallest absolute Gasteiger partial charge is 0.265 e. The Bertz CT molecular complexity index is 1070. The van der Waals surface area contributed by atoms with Gasteiger partial charge in [0.1, 0.15) is 5.75 Å². The van der Waals surface area contributed by atoms with Gasteiger partial charge in [0.05, 0.1) is 0 Å². The number of nitrogens with one attached hydrogen (secondary N) is 2. The van der Waals surface area contributed by atoms with Crippen LogP contribution in [0.2, 0.25) is 0 Å². The fourth-order valence-electron chi connectivity index (χ4n) is 4.14. The summed E-state index contributed by atoms with van der Waals surface area (Å²) in [5.74, 6) is 0.524. The third-order valence-corrected chi connectivity index (χ3v) is 6.02. The minimum absolute atomic E-state index is 0.0637. The van der Waals surface area contributed by atoms with Crippen molar-refractivity contribution in [2.45, 2.75) is 45.1 Å². The molecule has 0 aromatic heterocycles.